The van der Waals surface area contributed by atoms with Gasteiger partial charge in [0.05, 0.1) is 41.1 Å². The Morgan fingerprint density at radius 3 is 2.56 bits per heavy atom. The molecule has 1 aromatic rings. The lowest BCUT2D eigenvalue weighted by Gasteiger charge is -2.09. The first kappa shape index (κ1) is 12.0. The van der Waals surface area contributed by atoms with E-state index in [-0.39, 0.29) is 29.9 Å². The lowest BCUT2D eigenvalue weighted by atomic mass is 10.1. The number of rotatable bonds is 3. The number of hydrogen-bond acceptors (Lipinski definition) is 4. The van der Waals surface area contributed by atoms with Gasteiger partial charge in [-0.3, -0.25) is 4.98 Å². The number of halogens is 2. The van der Waals surface area contributed by atoms with Gasteiger partial charge in [0.2, 0.25) is 0 Å². The Kier molecular flexibility index (Phi) is 3.87. The van der Waals surface area contributed by atoms with Crippen LogP contribution in [0.3, 0.4) is 0 Å². The van der Waals surface area contributed by atoms with Gasteiger partial charge in [-0.25, -0.2) is 8.78 Å². The number of pyridine rings is 1. The molecule has 0 unspecified atom stereocenters. The topological polar surface area (TPSA) is 86.5 Å². The van der Waals surface area contributed by atoms with Crippen LogP contribution in [0.4, 0.5) is 8.78 Å². The van der Waals surface area contributed by atoms with Crippen LogP contribution in [0.2, 0.25) is 0 Å². The zero-order chi connectivity index (χ0) is 12.1. The first-order valence-corrected chi connectivity index (χ1v) is 4.42. The Morgan fingerprint density at radius 1 is 1.44 bits per heavy atom. The highest BCUT2D eigenvalue weighted by Gasteiger charge is 2.19. The van der Waals surface area contributed by atoms with Crippen molar-refractivity contribution in [3.63, 3.8) is 0 Å². The molecule has 1 rings (SSSR count). The second-order valence-electron chi connectivity index (χ2n) is 2.97. The Labute approximate surface area is 90.9 Å². The SMILES string of the molecule is N#CCc1cc(C#N)c(C(F)F)c(CN)n1. The number of nitrogens with zero attached hydrogens (tertiary/aromatic N) is 3. The van der Waals surface area contributed by atoms with E-state index in [9.17, 15) is 8.78 Å². The third-order valence-corrected chi connectivity index (χ3v) is 1.98. The molecule has 0 saturated heterocycles. The van der Waals surface area contributed by atoms with Crippen molar-refractivity contribution in [3.05, 3.63) is 28.6 Å². The lowest BCUT2D eigenvalue weighted by Crippen LogP contribution is -2.09. The summed E-state index contributed by atoms with van der Waals surface area (Å²) in [5, 5.41) is 17.2. The van der Waals surface area contributed by atoms with Crippen molar-refractivity contribution < 1.29 is 8.78 Å². The molecule has 1 aromatic heterocycles. The van der Waals surface area contributed by atoms with Gasteiger partial charge in [0.25, 0.3) is 6.43 Å². The maximum absolute atomic E-state index is 12.7. The van der Waals surface area contributed by atoms with E-state index in [0.717, 1.165) is 0 Å². The average Bonchev–Trinajstić information content (AvgIpc) is 2.27. The van der Waals surface area contributed by atoms with Crippen LogP contribution in [-0.4, -0.2) is 4.98 Å². The molecule has 0 radical (unpaired) electrons. The van der Waals surface area contributed by atoms with Gasteiger partial charge in [0.1, 0.15) is 0 Å². The molecule has 0 aliphatic heterocycles. The number of aromatic nitrogens is 1. The molecular weight excluding hydrogens is 214 g/mol. The van der Waals surface area contributed by atoms with Crippen LogP contribution in [-0.2, 0) is 13.0 Å². The molecule has 0 saturated carbocycles. The summed E-state index contributed by atoms with van der Waals surface area (Å²) < 4.78 is 25.3. The molecule has 0 spiro atoms. The predicted octanol–water partition coefficient (Wildman–Crippen LogP) is 1.42. The quantitative estimate of drug-likeness (QED) is 0.837. The summed E-state index contributed by atoms with van der Waals surface area (Å²) in [5.74, 6) is 0. The van der Waals surface area contributed by atoms with Crippen molar-refractivity contribution in [1.82, 2.24) is 4.98 Å². The summed E-state index contributed by atoms with van der Waals surface area (Å²) in [4.78, 5) is 3.83. The highest BCUT2D eigenvalue weighted by molar-refractivity contribution is 5.42. The normalized spacial score (nSPS) is 9.88. The van der Waals surface area contributed by atoms with Gasteiger partial charge < -0.3 is 5.73 Å². The Morgan fingerprint density at radius 2 is 2.12 bits per heavy atom. The Hall–Kier alpha value is -2.05. The maximum atomic E-state index is 12.7. The molecule has 0 aromatic carbocycles. The summed E-state index contributed by atoms with van der Waals surface area (Å²) in [7, 11) is 0. The molecule has 4 nitrogen and oxygen atoms in total. The lowest BCUT2D eigenvalue weighted by molar-refractivity contribution is 0.149. The second kappa shape index (κ2) is 5.15. The van der Waals surface area contributed by atoms with Gasteiger partial charge in [-0.1, -0.05) is 0 Å². The van der Waals surface area contributed by atoms with E-state index in [4.69, 9.17) is 16.3 Å². The van der Waals surface area contributed by atoms with Crippen LogP contribution in [0.15, 0.2) is 6.07 Å². The molecule has 16 heavy (non-hydrogen) atoms. The maximum Gasteiger partial charge on any atom is 0.266 e. The summed E-state index contributed by atoms with van der Waals surface area (Å²) in [6.07, 6.45) is -2.83. The van der Waals surface area contributed by atoms with E-state index < -0.39 is 12.0 Å². The molecule has 2 N–H and O–H groups in total. The molecule has 0 aliphatic carbocycles. The van der Waals surface area contributed by atoms with E-state index in [0.29, 0.717) is 0 Å². The fourth-order valence-electron chi connectivity index (χ4n) is 1.33. The highest BCUT2D eigenvalue weighted by Crippen LogP contribution is 2.26. The molecule has 82 valence electrons. The number of hydrogen-bond donors (Lipinski definition) is 1. The number of alkyl halides is 2. The van der Waals surface area contributed by atoms with E-state index in [1.54, 1.807) is 6.07 Å². The van der Waals surface area contributed by atoms with Crippen molar-refractivity contribution in [1.29, 1.82) is 10.5 Å². The molecule has 0 aliphatic rings. The van der Waals surface area contributed by atoms with Crippen LogP contribution in [0.25, 0.3) is 0 Å². The third kappa shape index (κ3) is 2.30. The fraction of sp³-hybridized carbons (Fsp3) is 0.300. The largest absolute Gasteiger partial charge is 0.325 e. The summed E-state index contributed by atoms with van der Waals surface area (Å²) in [5.41, 5.74) is 4.93. The minimum absolute atomic E-state index is 0.0284. The number of nitrogens with two attached hydrogens (primary N) is 1. The molecule has 0 fully saturated rings. The molecular formula is C10H8F2N4. The van der Waals surface area contributed by atoms with Gasteiger partial charge in [0, 0.05) is 6.54 Å². The summed E-state index contributed by atoms with van der Waals surface area (Å²) in [6.45, 7) is -0.187. The van der Waals surface area contributed by atoms with Crippen molar-refractivity contribution in [2.24, 2.45) is 5.73 Å². The van der Waals surface area contributed by atoms with E-state index in [1.807, 2.05) is 6.07 Å². The van der Waals surface area contributed by atoms with Gasteiger partial charge in [0.15, 0.2) is 0 Å². The van der Waals surface area contributed by atoms with Gasteiger partial charge in [-0.05, 0) is 6.07 Å². The van der Waals surface area contributed by atoms with Crippen LogP contribution in [0, 0.1) is 22.7 Å². The van der Waals surface area contributed by atoms with E-state index in [1.165, 1.54) is 6.07 Å². The first-order chi connectivity index (χ1) is 7.63. The van der Waals surface area contributed by atoms with Crippen LogP contribution >= 0.6 is 0 Å². The molecule has 1 heterocycles. The minimum atomic E-state index is -2.79. The van der Waals surface area contributed by atoms with Crippen molar-refractivity contribution in [2.75, 3.05) is 0 Å². The molecule has 6 heteroatoms. The minimum Gasteiger partial charge on any atom is -0.325 e. The van der Waals surface area contributed by atoms with Gasteiger partial charge >= 0.3 is 0 Å². The highest BCUT2D eigenvalue weighted by atomic mass is 19.3. The predicted molar refractivity (Wildman–Crippen MR) is 51.1 cm³/mol. The monoisotopic (exact) mass is 222 g/mol. The standard InChI is InChI=1S/C10H8F2N4/c11-10(12)9-6(4-14)3-7(1-2-13)16-8(9)5-15/h3,10H,1,5,15H2. The van der Waals surface area contributed by atoms with Crippen LogP contribution < -0.4 is 5.73 Å². The summed E-state index contributed by atoms with van der Waals surface area (Å²) in [6, 6.07) is 4.70. The van der Waals surface area contributed by atoms with Crippen molar-refractivity contribution >= 4 is 0 Å². The number of nitriles is 2. The molecule has 0 amide bonds. The van der Waals surface area contributed by atoms with E-state index in [2.05, 4.69) is 4.98 Å². The van der Waals surface area contributed by atoms with Crippen LogP contribution in [0.1, 0.15) is 28.9 Å². The van der Waals surface area contributed by atoms with Gasteiger partial charge in [-0.15, -0.1) is 0 Å². The smallest absolute Gasteiger partial charge is 0.266 e. The first-order valence-electron chi connectivity index (χ1n) is 4.42. The zero-order valence-electron chi connectivity index (χ0n) is 8.24. The Bertz CT molecular complexity index is 471. The van der Waals surface area contributed by atoms with Gasteiger partial charge in [-0.2, -0.15) is 10.5 Å². The van der Waals surface area contributed by atoms with E-state index >= 15 is 0 Å². The molecule has 0 atom stereocenters. The zero-order valence-corrected chi connectivity index (χ0v) is 8.24. The van der Waals surface area contributed by atoms with Crippen molar-refractivity contribution in [2.45, 2.75) is 19.4 Å². The van der Waals surface area contributed by atoms with Crippen LogP contribution in [0.5, 0.6) is 0 Å². The van der Waals surface area contributed by atoms with Crippen molar-refractivity contribution in [3.8, 4) is 12.1 Å². The third-order valence-electron chi connectivity index (χ3n) is 1.98. The summed E-state index contributed by atoms with van der Waals surface area (Å²) >= 11 is 0. The Balaban J connectivity index is 3.39. The second-order valence-corrected chi connectivity index (χ2v) is 2.97. The fourth-order valence-corrected chi connectivity index (χ4v) is 1.33. The molecule has 0 bridgehead atoms. The average molecular weight is 222 g/mol.